The number of hydrogen-bond donors (Lipinski definition) is 1. The minimum atomic E-state index is 0.103. The van der Waals surface area contributed by atoms with Crippen molar-refractivity contribution in [2.45, 2.75) is 11.6 Å². The van der Waals surface area contributed by atoms with Gasteiger partial charge in [-0.15, -0.1) is 0 Å². The molecule has 0 spiro atoms. The molecular weight excluding hydrogens is 310 g/mol. The van der Waals surface area contributed by atoms with Crippen molar-refractivity contribution in [3.8, 4) is 0 Å². The van der Waals surface area contributed by atoms with Crippen molar-refractivity contribution in [3.63, 3.8) is 0 Å². The lowest BCUT2D eigenvalue weighted by atomic mass is 9.83. The van der Waals surface area contributed by atoms with Crippen molar-refractivity contribution in [2.24, 2.45) is 5.73 Å². The lowest BCUT2D eigenvalue weighted by Crippen LogP contribution is -2.74. The lowest BCUT2D eigenvalue weighted by molar-refractivity contribution is -0.0992. The topological polar surface area (TPSA) is 41.7 Å². The van der Waals surface area contributed by atoms with Crippen LogP contribution >= 0.6 is 0 Å². The van der Waals surface area contributed by atoms with E-state index in [-0.39, 0.29) is 5.54 Å². The minimum absolute atomic E-state index is 0.103. The minimum Gasteiger partial charge on any atom is -0.379 e. The molecule has 2 fully saturated rings. The van der Waals surface area contributed by atoms with Gasteiger partial charge in [-0.2, -0.15) is 0 Å². The highest BCUT2D eigenvalue weighted by Crippen LogP contribution is 2.38. The van der Waals surface area contributed by atoms with Gasteiger partial charge in [-0.05, 0) is 11.1 Å². The average Bonchev–Trinajstić information content (AvgIpc) is 2.66. The summed E-state index contributed by atoms with van der Waals surface area (Å²) < 4.78 is 5.52. The summed E-state index contributed by atoms with van der Waals surface area (Å²) in [7, 11) is 0. The Bertz CT molecular complexity index is 625. The molecule has 0 bridgehead atoms. The van der Waals surface area contributed by atoms with Gasteiger partial charge in [0.15, 0.2) is 0 Å². The maximum absolute atomic E-state index is 6.23. The predicted molar refractivity (Wildman–Crippen MR) is 100 cm³/mol. The van der Waals surface area contributed by atoms with Gasteiger partial charge < -0.3 is 10.5 Å². The van der Waals surface area contributed by atoms with Gasteiger partial charge in [-0.25, -0.2) is 0 Å². The van der Waals surface area contributed by atoms with E-state index in [9.17, 15) is 0 Å². The first kappa shape index (κ1) is 16.7. The van der Waals surface area contributed by atoms with Crippen LogP contribution in [0.2, 0.25) is 0 Å². The molecule has 2 heterocycles. The third-order valence-electron chi connectivity index (χ3n) is 5.65. The van der Waals surface area contributed by atoms with Gasteiger partial charge in [0.2, 0.25) is 0 Å². The van der Waals surface area contributed by atoms with Gasteiger partial charge in [-0.1, -0.05) is 60.7 Å². The first-order valence-electron chi connectivity index (χ1n) is 9.19. The third kappa shape index (κ3) is 3.23. The van der Waals surface area contributed by atoms with E-state index in [1.807, 2.05) is 0 Å². The predicted octanol–water partition coefficient (Wildman–Crippen LogP) is 2.12. The van der Waals surface area contributed by atoms with Crippen molar-refractivity contribution >= 4 is 0 Å². The molecule has 0 aliphatic carbocycles. The first-order chi connectivity index (χ1) is 12.3. The Balaban J connectivity index is 1.58. The molecule has 4 nitrogen and oxygen atoms in total. The fraction of sp³-hybridized carbons (Fsp3) is 0.429. The van der Waals surface area contributed by atoms with Crippen LogP contribution in [0.25, 0.3) is 0 Å². The summed E-state index contributed by atoms with van der Waals surface area (Å²) >= 11 is 0. The molecule has 0 saturated carbocycles. The molecule has 25 heavy (non-hydrogen) atoms. The zero-order chi connectivity index (χ0) is 17.1. The van der Waals surface area contributed by atoms with Gasteiger partial charge in [0, 0.05) is 32.7 Å². The summed E-state index contributed by atoms with van der Waals surface area (Å²) in [4.78, 5) is 5.10. The Labute approximate surface area is 150 Å². The zero-order valence-electron chi connectivity index (χ0n) is 14.7. The van der Waals surface area contributed by atoms with Crippen LogP contribution in [0.15, 0.2) is 60.7 Å². The van der Waals surface area contributed by atoms with Crippen LogP contribution in [0.1, 0.15) is 17.2 Å². The maximum Gasteiger partial charge on any atom is 0.0603 e. The van der Waals surface area contributed by atoms with E-state index in [4.69, 9.17) is 10.5 Å². The van der Waals surface area contributed by atoms with Crippen LogP contribution in [0.4, 0.5) is 0 Å². The first-order valence-corrected chi connectivity index (χ1v) is 9.19. The number of morpholine rings is 1. The number of benzene rings is 2. The zero-order valence-corrected chi connectivity index (χ0v) is 14.7. The smallest absolute Gasteiger partial charge is 0.0603 e. The third-order valence-corrected chi connectivity index (χ3v) is 5.65. The number of ether oxygens (including phenoxy) is 1. The van der Waals surface area contributed by atoms with Gasteiger partial charge in [-0.3, -0.25) is 9.80 Å². The molecule has 0 radical (unpaired) electrons. The fourth-order valence-electron chi connectivity index (χ4n) is 4.27. The fourth-order valence-corrected chi connectivity index (χ4v) is 4.27. The van der Waals surface area contributed by atoms with Gasteiger partial charge >= 0.3 is 0 Å². The van der Waals surface area contributed by atoms with Gasteiger partial charge in [0.25, 0.3) is 0 Å². The Hall–Kier alpha value is -1.72. The summed E-state index contributed by atoms with van der Waals surface area (Å²) in [5.41, 5.74) is 9.03. The standard InChI is InChI=1S/C21H27N3O/c22-15-21(24-11-13-25-14-12-24)16-23(17-21)20(18-7-3-1-4-8-18)19-9-5-2-6-10-19/h1-10,20H,11-17,22H2. The molecule has 132 valence electrons. The maximum atomic E-state index is 6.23. The molecule has 2 N–H and O–H groups in total. The van der Waals surface area contributed by atoms with Crippen LogP contribution in [-0.2, 0) is 4.74 Å². The Morgan fingerprint density at radius 2 is 1.40 bits per heavy atom. The summed E-state index contributed by atoms with van der Waals surface area (Å²) in [6.07, 6.45) is 0. The summed E-state index contributed by atoms with van der Waals surface area (Å²) in [5, 5.41) is 0. The van der Waals surface area contributed by atoms with E-state index in [1.165, 1.54) is 11.1 Å². The molecular formula is C21H27N3O. The molecule has 0 amide bonds. The second-order valence-corrected chi connectivity index (χ2v) is 7.16. The normalized spacial score (nSPS) is 21.2. The number of nitrogens with zero attached hydrogens (tertiary/aromatic N) is 2. The molecule has 2 aliphatic heterocycles. The van der Waals surface area contributed by atoms with Gasteiger partial charge in [0.05, 0.1) is 24.8 Å². The Morgan fingerprint density at radius 1 is 0.880 bits per heavy atom. The molecule has 0 unspecified atom stereocenters. The van der Waals surface area contributed by atoms with E-state index in [1.54, 1.807) is 0 Å². The van der Waals surface area contributed by atoms with Crippen molar-refractivity contribution in [2.75, 3.05) is 45.9 Å². The van der Waals surface area contributed by atoms with E-state index in [0.29, 0.717) is 12.6 Å². The molecule has 2 aliphatic rings. The molecule has 0 aromatic heterocycles. The van der Waals surface area contributed by atoms with Crippen molar-refractivity contribution in [3.05, 3.63) is 71.8 Å². The monoisotopic (exact) mass is 337 g/mol. The summed E-state index contributed by atoms with van der Waals surface area (Å²) in [5.74, 6) is 0. The van der Waals surface area contributed by atoms with Crippen LogP contribution in [0.5, 0.6) is 0 Å². The van der Waals surface area contributed by atoms with Gasteiger partial charge in [0.1, 0.15) is 0 Å². The summed E-state index contributed by atoms with van der Waals surface area (Å²) in [6, 6.07) is 21.9. The molecule has 4 rings (SSSR count). The van der Waals surface area contributed by atoms with Crippen LogP contribution < -0.4 is 5.73 Å². The van der Waals surface area contributed by atoms with E-state index < -0.39 is 0 Å². The van der Waals surface area contributed by atoms with Crippen LogP contribution in [-0.4, -0.2) is 61.3 Å². The van der Waals surface area contributed by atoms with E-state index >= 15 is 0 Å². The number of likely N-dealkylation sites (tertiary alicyclic amines) is 1. The molecule has 2 saturated heterocycles. The molecule has 2 aromatic carbocycles. The van der Waals surface area contributed by atoms with Crippen molar-refractivity contribution in [1.82, 2.24) is 9.80 Å². The van der Waals surface area contributed by atoms with Crippen molar-refractivity contribution in [1.29, 1.82) is 0 Å². The Morgan fingerprint density at radius 3 is 1.88 bits per heavy atom. The second-order valence-electron chi connectivity index (χ2n) is 7.16. The van der Waals surface area contributed by atoms with Crippen molar-refractivity contribution < 1.29 is 4.74 Å². The summed E-state index contributed by atoms with van der Waals surface area (Å²) in [6.45, 7) is 6.36. The molecule has 2 aromatic rings. The Kier molecular flexibility index (Phi) is 4.86. The lowest BCUT2D eigenvalue weighted by Gasteiger charge is -2.58. The quantitative estimate of drug-likeness (QED) is 0.907. The average molecular weight is 337 g/mol. The molecule has 4 heteroatoms. The number of nitrogens with two attached hydrogens (primary N) is 1. The number of rotatable bonds is 5. The second kappa shape index (κ2) is 7.26. The highest BCUT2D eigenvalue weighted by molar-refractivity contribution is 5.33. The largest absolute Gasteiger partial charge is 0.379 e. The number of hydrogen-bond acceptors (Lipinski definition) is 4. The highest BCUT2D eigenvalue weighted by atomic mass is 16.5. The SMILES string of the molecule is NCC1(N2CCOCC2)CN(C(c2ccccc2)c2ccccc2)C1. The van der Waals surface area contributed by atoms with Crippen LogP contribution in [0.3, 0.4) is 0 Å². The van der Waals surface area contributed by atoms with E-state index in [2.05, 4.69) is 70.5 Å². The highest BCUT2D eigenvalue weighted by Gasteiger charge is 2.49. The molecule has 0 atom stereocenters. The van der Waals surface area contributed by atoms with Crippen LogP contribution in [0, 0.1) is 0 Å². The van der Waals surface area contributed by atoms with E-state index in [0.717, 1.165) is 39.4 Å².